The van der Waals surface area contributed by atoms with Crippen LogP contribution in [0.25, 0.3) is 6.08 Å². The number of alkyl halides is 3. The second kappa shape index (κ2) is 7.17. The third kappa shape index (κ3) is 4.58. The number of benzene rings is 1. The fourth-order valence-electron chi connectivity index (χ4n) is 2.54. The number of ether oxygens (including phenoxy) is 1. The average molecular weight is 327 g/mol. The van der Waals surface area contributed by atoms with E-state index >= 15 is 0 Å². The first-order chi connectivity index (χ1) is 10.8. The van der Waals surface area contributed by atoms with Crippen molar-refractivity contribution in [1.82, 2.24) is 4.90 Å². The topological polar surface area (TPSA) is 29.5 Å². The first-order valence-corrected chi connectivity index (χ1v) is 7.57. The van der Waals surface area contributed by atoms with Gasteiger partial charge >= 0.3 is 12.1 Å². The molecule has 0 unspecified atom stereocenters. The molecule has 1 aromatic rings. The summed E-state index contributed by atoms with van der Waals surface area (Å²) in [4.78, 5) is 13.8. The Morgan fingerprint density at radius 2 is 1.96 bits per heavy atom. The van der Waals surface area contributed by atoms with Gasteiger partial charge < -0.3 is 9.64 Å². The maximum Gasteiger partial charge on any atom is 0.417 e. The van der Waals surface area contributed by atoms with Crippen molar-refractivity contribution < 1.29 is 22.7 Å². The van der Waals surface area contributed by atoms with Gasteiger partial charge in [0, 0.05) is 13.1 Å². The van der Waals surface area contributed by atoms with Crippen molar-refractivity contribution in [1.29, 1.82) is 0 Å². The van der Waals surface area contributed by atoms with Crippen LogP contribution in [0.3, 0.4) is 0 Å². The minimum absolute atomic E-state index is 0.0790. The van der Waals surface area contributed by atoms with E-state index in [4.69, 9.17) is 4.74 Å². The molecular formula is C17H20F3NO2. The third-order valence-electron chi connectivity index (χ3n) is 3.86. The maximum absolute atomic E-state index is 13.3. The number of esters is 1. The standard InChI is InChI=1S/C17H20F3NO2/c1-3-23-16(22)14-5-4-13(15(11-14)17(18,19)20)10-12-6-8-21(2)9-7-12/h4-5,10-11H,3,6-9H2,1-2H3. The molecule has 0 amide bonds. The van der Waals surface area contributed by atoms with Crippen LogP contribution in [0, 0.1) is 0 Å². The maximum atomic E-state index is 13.3. The summed E-state index contributed by atoms with van der Waals surface area (Å²) in [5, 5.41) is 0. The Morgan fingerprint density at radius 1 is 1.30 bits per heavy atom. The van der Waals surface area contributed by atoms with Crippen LogP contribution in [0.2, 0.25) is 0 Å². The predicted octanol–water partition coefficient (Wildman–Crippen LogP) is 3.99. The van der Waals surface area contributed by atoms with Gasteiger partial charge in [-0.05, 0) is 44.5 Å². The van der Waals surface area contributed by atoms with Gasteiger partial charge in [0.15, 0.2) is 0 Å². The molecule has 0 aromatic heterocycles. The molecule has 1 aliphatic heterocycles. The van der Waals surface area contributed by atoms with Crippen LogP contribution in [-0.2, 0) is 10.9 Å². The molecule has 0 bridgehead atoms. The minimum atomic E-state index is -4.51. The fourth-order valence-corrected chi connectivity index (χ4v) is 2.54. The van der Waals surface area contributed by atoms with E-state index in [0.717, 1.165) is 37.6 Å². The smallest absolute Gasteiger partial charge is 0.417 e. The van der Waals surface area contributed by atoms with Crippen LogP contribution in [-0.4, -0.2) is 37.6 Å². The van der Waals surface area contributed by atoms with Gasteiger partial charge in [-0.3, -0.25) is 0 Å². The lowest BCUT2D eigenvalue weighted by Crippen LogP contribution is -2.26. The lowest BCUT2D eigenvalue weighted by atomic mass is 9.97. The minimum Gasteiger partial charge on any atom is -0.462 e. The fraction of sp³-hybridized carbons (Fsp3) is 0.471. The van der Waals surface area contributed by atoms with Crippen molar-refractivity contribution >= 4 is 12.0 Å². The zero-order valence-electron chi connectivity index (χ0n) is 13.2. The largest absolute Gasteiger partial charge is 0.462 e. The van der Waals surface area contributed by atoms with Crippen LogP contribution in [0.15, 0.2) is 23.8 Å². The molecular weight excluding hydrogens is 307 g/mol. The highest BCUT2D eigenvalue weighted by molar-refractivity contribution is 5.90. The number of nitrogens with zero attached hydrogens (tertiary/aromatic N) is 1. The normalized spacial score (nSPS) is 16.3. The monoisotopic (exact) mass is 327 g/mol. The van der Waals surface area contributed by atoms with E-state index in [1.807, 2.05) is 7.05 Å². The lowest BCUT2D eigenvalue weighted by molar-refractivity contribution is -0.137. The molecule has 23 heavy (non-hydrogen) atoms. The first-order valence-electron chi connectivity index (χ1n) is 7.57. The summed E-state index contributed by atoms with van der Waals surface area (Å²) in [5.41, 5.74) is 0.224. The molecule has 126 valence electrons. The number of hydrogen-bond acceptors (Lipinski definition) is 3. The van der Waals surface area contributed by atoms with E-state index < -0.39 is 17.7 Å². The van der Waals surface area contributed by atoms with Gasteiger partial charge in [-0.25, -0.2) is 4.79 Å². The van der Waals surface area contributed by atoms with Gasteiger partial charge in [0.25, 0.3) is 0 Å². The molecule has 6 heteroatoms. The zero-order chi connectivity index (χ0) is 17.0. The predicted molar refractivity (Wildman–Crippen MR) is 82.1 cm³/mol. The summed E-state index contributed by atoms with van der Waals surface area (Å²) in [6.07, 6.45) is -1.40. The summed E-state index contributed by atoms with van der Waals surface area (Å²) in [7, 11) is 1.99. The Balaban J connectivity index is 2.35. The summed E-state index contributed by atoms with van der Waals surface area (Å²) in [5.74, 6) is -0.739. The third-order valence-corrected chi connectivity index (χ3v) is 3.86. The van der Waals surface area contributed by atoms with Crippen LogP contribution in [0.4, 0.5) is 13.2 Å². The van der Waals surface area contributed by atoms with Crippen molar-refractivity contribution in [3.8, 4) is 0 Å². The molecule has 0 spiro atoms. The Morgan fingerprint density at radius 3 is 2.52 bits per heavy atom. The van der Waals surface area contributed by atoms with Crippen molar-refractivity contribution in [2.24, 2.45) is 0 Å². The number of carbonyl (C=O) groups is 1. The SMILES string of the molecule is CCOC(=O)c1ccc(C=C2CCN(C)CC2)c(C(F)(F)F)c1. The molecule has 0 aliphatic carbocycles. The van der Waals surface area contributed by atoms with Gasteiger partial charge in [0.1, 0.15) is 0 Å². The molecule has 0 saturated carbocycles. The van der Waals surface area contributed by atoms with Crippen molar-refractivity contribution in [3.63, 3.8) is 0 Å². The van der Waals surface area contributed by atoms with Gasteiger partial charge in [-0.15, -0.1) is 0 Å². The molecule has 1 saturated heterocycles. The lowest BCUT2D eigenvalue weighted by Gasteiger charge is -2.24. The molecule has 0 radical (unpaired) electrons. The molecule has 1 aliphatic rings. The number of likely N-dealkylation sites (tertiary alicyclic amines) is 1. The molecule has 0 N–H and O–H groups in total. The molecule has 3 nitrogen and oxygen atoms in total. The van der Waals surface area contributed by atoms with Gasteiger partial charge in [-0.1, -0.05) is 17.7 Å². The Bertz CT molecular complexity index is 598. The molecule has 1 aromatic carbocycles. The van der Waals surface area contributed by atoms with Crippen molar-refractivity contribution in [2.45, 2.75) is 25.9 Å². The van der Waals surface area contributed by atoms with E-state index in [9.17, 15) is 18.0 Å². The number of hydrogen-bond donors (Lipinski definition) is 0. The van der Waals surface area contributed by atoms with E-state index in [-0.39, 0.29) is 17.7 Å². The molecule has 0 atom stereocenters. The Labute approximate surface area is 133 Å². The van der Waals surface area contributed by atoms with Crippen molar-refractivity contribution in [3.05, 3.63) is 40.5 Å². The summed E-state index contributed by atoms with van der Waals surface area (Å²) in [6, 6.07) is 3.61. The van der Waals surface area contributed by atoms with E-state index in [1.54, 1.807) is 13.0 Å². The van der Waals surface area contributed by atoms with Gasteiger partial charge in [0.05, 0.1) is 17.7 Å². The second-order valence-corrected chi connectivity index (χ2v) is 5.63. The molecule has 2 rings (SSSR count). The molecule has 1 fully saturated rings. The van der Waals surface area contributed by atoms with Crippen LogP contribution < -0.4 is 0 Å². The van der Waals surface area contributed by atoms with E-state index in [0.29, 0.717) is 0 Å². The second-order valence-electron chi connectivity index (χ2n) is 5.63. The summed E-state index contributed by atoms with van der Waals surface area (Å²) in [6.45, 7) is 3.42. The van der Waals surface area contributed by atoms with Crippen LogP contribution in [0.5, 0.6) is 0 Å². The number of carbonyl (C=O) groups excluding carboxylic acids is 1. The molecule has 1 heterocycles. The number of rotatable bonds is 3. The average Bonchev–Trinajstić information content (AvgIpc) is 2.49. The van der Waals surface area contributed by atoms with Gasteiger partial charge in [0.2, 0.25) is 0 Å². The zero-order valence-corrected chi connectivity index (χ0v) is 13.2. The number of halogens is 3. The first kappa shape index (κ1) is 17.5. The van der Waals surface area contributed by atoms with Crippen LogP contribution in [0.1, 0.15) is 41.3 Å². The number of piperidine rings is 1. The summed E-state index contributed by atoms with van der Waals surface area (Å²) >= 11 is 0. The highest BCUT2D eigenvalue weighted by Gasteiger charge is 2.34. The van der Waals surface area contributed by atoms with E-state index in [1.165, 1.54) is 12.1 Å². The Hall–Kier alpha value is -1.82. The van der Waals surface area contributed by atoms with Gasteiger partial charge in [-0.2, -0.15) is 13.2 Å². The summed E-state index contributed by atoms with van der Waals surface area (Å²) < 4.78 is 44.7. The Kier molecular flexibility index (Phi) is 5.46. The highest BCUT2D eigenvalue weighted by atomic mass is 19.4. The quantitative estimate of drug-likeness (QED) is 0.786. The highest BCUT2D eigenvalue weighted by Crippen LogP contribution is 2.34. The van der Waals surface area contributed by atoms with E-state index in [2.05, 4.69) is 4.90 Å². The van der Waals surface area contributed by atoms with Crippen LogP contribution >= 0.6 is 0 Å². The van der Waals surface area contributed by atoms with Crippen molar-refractivity contribution in [2.75, 3.05) is 26.7 Å².